The molecule has 212 valence electrons. The van der Waals surface area contributed by atoms with Gasteiger partial charge in [0.15, 0.2) is 0 Å². The lowest BCUT2D eigenvalue weighted by atomic mass is 9.85. The lowest BCUT2D eigenvalue weighted by Gasteiger charge is -2.34. The summed E-state index contributed by atoms with van der Waals surface area (Å²) in [6.45, 7) is 14.5. The number of hydrogen-bond donors (Lipinski definition) is 0. The maximum absolute atomic E-state index is 13.4. The minimum atomic E-state index is -0.566. The van der Waals surface area contributed by atoms with Crippen molar-refractivity contribution in [2.24, 2.45) is 11.8 Å². The second-order valence-electron chi connectivity index (χ2n) is 13.2. The van der Waals surface area contributed by atoms with Gasteiger partial charge in [-0.3, -0.25) is 4.79 Å². The molecule has 2 heterocycles. The van der Waals surface area contributed by atoms with Gasteiger partial charge in [0.25, 0.3) is 0 Å². The summed E-state index contributed by atoms with van der Waals surface area (Å²) < 4.78 is 11.5. The van der Waals surface area contributed by atoms with E-state index >= 15 is 0 Å². The van der Waals surface area contributed by atoms with Crippen molar-refractivity contribution >= 4 is 17.7 Å². The fourth-order valence-electron chi connectivity index (χ4n) is 5.76. The van der Waals surface area contributed by atoms with Crippen LogP contribution in [0.3, 0.4) is 0 Å². The highest BCUT2D eigenvalue weighted by molar-refractivity contribution is 5.74. The number of rotatable bonds is 6. The number of ether oxygens (including phenoxy) is 2. The zero-order valence-corrected chi connectivity index (χ0v) is 24.6. The van der Waals surface area contributed by atoms with Gasteiger partial charge in [-0.2, -0.15) is 0 Å². The summed E-state index contributed by atoms with van der Waals surface area (Å²) in [6.07, 6.45) is 3.31. The molecule has 4 rings (SSSR count). The lowest BCUT2D eigenvalue weighted by Crippen LogP contribution is -2.38. The maximum Gasteiger partial charge on any atom is 0.410 e. The van der Waals surface area contributed by atoms with Gasteiger partial charge in [0, 0.05) is 31.9 Å². The van der Waals surface area contributed by atoms with Crippen LogP contribution in [0.25, 0.3) is 0 Å². The van der Waals surface area contributed by atoms with E-state index in [2.05, 4.69) is 59.5 Å². The van der Waals surface area contributed by atoms with Crippen molar-refractivity contribution in [1.29, 1.82) is 0 Å². The van der Waals surface area contributed by atoms with E-state index in [9.17, 15) is 9.59 Å². The molecule has 2 saturated heterocycles. The maximum atomic E-state index is 13.4. The number of esters is 1. The van der Waals surface area contributed by atoms with Gasteiger partial charge in [-0.15, -0.1) is 0 Å². The Bertz CT molecular complexity index is 1110. The van der Waals surface area contributed by atoms with Crippen molar-refractivity contribution in [2.75, 3.05) is 31.1 Å². The van der Waals surface area contributed by atoms with Gasteiger partial charge in [0.1, 0.15) is 11.2 Å². The van der Waals surface area contributed by atoms with E-state index in [1.54, 1.807) is 4.90 Å². The summed E-state index contributed by atoms with van der Waals surface area (Å²) >= 11 is 0. The average Bonchev–Trinajstić information content (AvgIpc) is 3.36. The Hall–Kier alpha value is -3.02. The Kier molecular flexibility index (Phi) is 8.93. The molecule has 2 fully saturated rings. The van der Waals surface area contributed by atoms with Gasteiger partial charge in [0.2, 0.25) is 0 Å². The molecule has 0 unspecified atom stereocenters. The fraction of sp³-hybridized carbons (Fsp3) is 0.576. The van der Waals surface area contributed by atoms with Gasteiger partial charge >= 0.3 is 12.1 Å². The Balaban J connectivity index is 1.45. The summed E-state index contributed by atoms with van der Waals surface area (Å²) in [5.41, 5.74) is 2.66. The molecule has 2 atom stereocenters. The van der Waals surface area contributed by atoms with Crippen LogP contribution in [0.4, 0.5) is 10.5 Å². The quantitative estimate of drug-likeness (QED) is 0.380. The Morgan fingerprint density at radius 1 is 0.846 bits per heavy atom. The molecule has 2 aliphatic heterocycles. The molecule has 6 heteroatoms. The number of benzene rings is 2. The first-order valence-corrected chi connectivity index (χ1v) is 14.5. The summed E-state index contributed by atoms with van der Waals surface area (Å²) in [5, 5.41) is 0. The molecule has 0 saturated carbocycles. The van der Waals surface area contributed by atoms with Crippen LogP contribution < -0.4 is 4.90 Å². The van der Waals surface area contributed by atoms with E-state index in [0.717, 1.165) is 37.9 Å². The summed E-state index contributed by atoms with van der Waals surface area (Å²) in [7, 11) is 0. The largest absolute Gasteiger partial charge is 0.460 e. The van der Waals surface area contributed by atoms with Crippen molar-refractivity contribution in [3.05, 3.63) is 65.7 Å². The Morgan fingerprint density at radius 2 is 1.51 bits per heavy atom. The number of hydrogen-bond acceptors (Lipinski definition) is 5. The Labute approximate surface area is 234 Å². The van der Waals surface area contributed by atoms with E-state index in [1.165, 1.54) is 11.3 Å². The van der Waals surface area contributed by atoms with Crippen molar-refractivity contribution in [3.8, 4) is 0 Å². The highest BCUT2D eigenvalue weighted by Gasteiger charge is 2.39. The fourth-order valence-corrected chi connectivity index (χ4v) is 5.76. The second-order valence-corrected chi connectivity index (χ2v) is 13.2. The third-order valence-electron chi connectivity index (χ3n) is 7.65. The average molecular weight is 535 g/mol. The first-order valence-electron chi connectivity index (χ1n) is 14.5. The molecule has 0 aliphatic carbocycles. The first-order chi connectivity index (χ1) is 18.4. The highest BCUT2D eigenvalue weighted by Crippen LogP contribution is 2.33. The molecule has 39 heavy (non-hydrogen) atoms. The molecule has 0 bridgehead atoms. The summed E-state index contributed by atoms with van der Waals surface area (Å²) in [6, 6.07) is 19.4. The number of nitrogens with zero attached hydrogens (tertiary/aromatic N) is 2. The Morgan fingerprint density at radius 3 is 2.15 bits per heavy atom. The van der Waals surface area contributed by atoms with Gasteiger partial charge in [-0.05, 0) is 102 Å². The van der Waals surface area contributed by atoms with Crippen LogP contribution in [-0.2, 0) is 20.7 Å². The minimum absolute atomic E-state index is 0.0256. The molecule has 6 nitrogen and oxygen atoms in total. The number of anilines is 1. The lowest BCUT2D eigenvalue weighted by molar-refractivity contribution is -0.161. The van der Waals surface area contributed by atoms with Gasteiger partial charge in [-0.25, -0.2) is 4.79 Å². The van der Waals surface area contributed by atoms with E-state index in [1.807, 2.05) is 41.5 Å². The monoisotopic (exact) mass is 534 g/mol. The third kappa shape index (κ3) is 8.23. The molecule has 0 aromatic heterocycles. The van der Waals surface area contributed by atoms with Crippen molar-refractivity contribution in [1.82, 2.24) is 4.90 Å². The number of amides is 1. The third-order valence-corrected chi connectivity index (χ3v) is 7.65. The van der Waals surface area contributed by atoms with Crippen molar-refractivity contribution in [2.45, 2.75) is 84.3 Å². The highest BCUT2D eigenvalue weighted by atomic mass is 16.6. The van der Waals surface area contributed by atoms with Crippen molar-refractivity contribution < 1.29 is 19.1 Å². The SMILES string of the molecule is CC(C)(C)OC(=O)[C@@H](Cc1cccc(N2CCC(c3ccccc3)CC2)c1)[C@H]1CCN(C(=O)OC(C)(C)C)C1. The standard InChI is InChI=1S/C33H46N2O4/c1-32(2,3)38-30(36)29(27-17-20-35(23-27)31(37)39-33(4,5)6)22-24-11-10-14-28(21-24)34-18-15-26(16-19-34)25-12-8-7-9-13-25/h7-14,21,26-27,29H,15-20,22-23H2,1-6H3/t27-,29-/m0/s1. The van der Waals surface area contributed by atoms with Gasteiger partial charge < -0.3 is 19.3 Å². The zero-order chi connectivity index (χ0) is 28.2. The van der Waals surface area contributed by atoms with E-state index in [-0.39, 0.29) is 23.9 Å². The number of carbonyl (C=O) groups excluding carboxylic acids is 2. The molecular formula is C33H46N2O4. The molecule has 2 aromatic rings. The van der Waals surface area contributed by atoms with Crippen molar-refractivity contribution in [3.63, 3.8) is 0 Å². The first kappa shape index (κ1) is 29.0. The molecule has 0 N–H and O–H groups in total. The van der Waals surface area contributed by atoms with Crippen LogP contribution in [0.5, 0.6) is 0 Å². The minimum Gasteiger partial charge on any atom is -0.460 e. The van der Waals surface area contributed by atoms with E-state index in [4.69, 9.17) is 9.47 Å². The molecular weight excluding hydrogens is 488 g/mol. The zero-order valence-electron chi connectivity index (χ0n) is 24.6. The number of carbonyl (C=O) groups is 2. The van der Waals surface area contributed by atoms with Crippen LogP contribution in [0.2, 0.25) is 0 Å². The van der Waals surface area contributed by atoms with Gasteiger partial charge in [-0.1, -0.05) is 42.5 Å². The summed E-state index contributed by atoms with van der Waals surface area (Å²) in [4.78, 5) is 30.3. The smallest absolute Gasteiger partial charge is 0.410 e. The van der Waals surface area contributed by atoms with Crippen LogP contribution >= 0.6 is 0 Å². The van der Waals surface area contributed by atoms with Gasteiger partial charge in [0.05, 0.1) is 5.92 Å². The predicted octanol–water partition coefficient (Wildman–Crippen LogP) is 6.83. The second kappa shape index (κ2) is 12.0. The van der Waals surface area contributed by atoms with Crippen LogP contribution in [0.15, 0.2) is 54.6 Å². The number of piperidine rings is 1. The van der Waals surface area contributed by atoms with E-state index in [0.29, 0.717) is 25.4 Å². The summed E-state index contributed by atoms with van der Waals surface area (Å²) in [5.74, 6) is 0.124. The van der Waals surface area contributed by atoms with Crippen LogP contribution in [-0.4, -0.2) is 54.3 Å². The number of likely N-dealkylation sites (tertiary alicyclic amines) is 1. The predicted molar refractivity (Wildman–Crippen MR) is 156 cm³/mol. The molecule has 0 radical (unpaired) electrons. The topological polar surface area (TPSA) is 59.1 Å². The van der Waals surface area contributed by atoms with Crippen LogP contribution in [0.1, 0.15) is 77.8 Å². The molecule has 2 aliphatic rings. The van der Waals surface area contributed by atoms with Crippen LogP contribution in [0, 0.1) is 11.8 Å². The normalized spacial score (nSPS) is 19.6. The molecule has 2 aromatic carbocycles. The molecule has 0 spiro atoms. The van der Waals surface area contributed by atoms with E-state index < -0.39 is 11.2 Å². The molecule has 1 amide bonds.